The third kappa shape index (κ3) is 3.68. The fourth-order valence-corrected chi connectivity index (χ4v) is 2.76. The van der Waals surface area contributed by atoms with Gasteiger partial charge in [0, 0.05) is 6.07 Å². The number of hydrogen-bond acceptors (Lipinski definition) is 8. The average Bonchev–Trinajstić information content (AvgIpc) is 3.22. The smallest absolute Gasteiger partial charge is 0.375 e. The lowest BCUT2D eigenvalue weighted by Crippen LogP contribution is -2.05. The molecule has 2 aromatic carbocycles. The second-order valence-electron chi connectivity index (χ2n) is 6.08. The molecule has 0 fully saturated rings. The topological polar surface area (TPSA) is 112 Å². The minimum absolute atomic E-state index is 0.0156. The Labute approximate surface area is 163 Å². The number of aromatic nitrogens is 1. The van der Waals surface area contributed by atoms with Gasteiger partial charge in [0.05, 0.1) is 24.3 Å². The molecule has 0 spiro atoms. The highest BCUT2D eigenvalue weighted by Gasteiger charge is 2.14. The van der Waals surface area contributed by atoms with Crippen molar-refractivity contribution in [2.45, 2.75) is 6.61 Å². The van der Waals surface area contributed by atoms with E-state index in [-0.39, 0.29) is 29.4 Å². The zero-order valence-corrected chi connectivity index (χ0v) is 15.2. The molecule has 0 aliphatic rings. The Morgan fingerprint density at radius 3 is 2.72 bits per heavy atom. The molecule has 0 atom stereocenters. The van der Waals surface area contributed by atoms with Gasteiger partial charge in [0.25, 0.3) is 0 Å². The van der Waals surface area contributed by atoms with Gasteiger partial charge < -0.3 is 23.4 Å². The number of fused-ring (bicyclic) bond motifs is 1. The quantitative estimate of drug-likeness (QED) is 0.513. The molecule has 0 bridgehead atoms. The van der Waals surface area contributed by atoms with E-state index in [9.17, 15) is 14.7 Å². The second-order valence-corrected chi connectivity index (χ2v) is 6.08. The van der Waals surface area contributed by atoms with Crippen LogP contribution in [-0.4, -0.2) is 23.2 Å². The molecule has 8 nitrogen and oxygen atoms in total. The van der Waals surface area contributed by atoms with Crippen LogP contribution in [-0.2, 0) is 11.3 Å². The van der Waals surface area contributed by atoms with Crippen molar-refractivity contribution < 1.29 is 28.2 Å². The van der Waals surface area contributed by atoms with E-state index in [0.29, 0.717) is 27.8 Å². The molecule has 8 heteroatoms. The number of ether oxygens (including phenoxy) is 2. The van der Waals surface area contributed by atoms with Crippen molar-refractivity contribution in [1.82, 2.24) is 4.98 Å². The van der Waals surface area contributed by atoms with Crippen molar-refractivity contribution in [3.05, 3.63) is 76.8 Å². The molecule has 2 heterocycles. The van der Waals surface area contributed by atoms with Crippen LogP contribution in [0.4, 0.5) is 0 Å². The van der Waals surface area contributed by atoms with E-state index in [0.717, 1.165) is 0 Å². The number of carbonyl (C=O) groups is 1. The predicted molar refractivity (Wildman–Crippen MR) is 102 cm³/mol. The normalized spacial score (nSPS) is 10.8. The van der Waals surface area contributed by atoms with Gasteiger partial charge in [-0.05, 0) is 29.8 Å². The lowest BCUT2D eigenvalue weighted by atomic mass is 10.1. The molecule has 1 N–H and O–H groups in total. The third-order valence-corrected chi connectivity index (χ3v) is 4.23. The van der Waals surface area contributed by atoms with Crippen LogP contribution < -0.4 is 10.2 Å². The first-order valence-corrected chi connectivity index (χ1v) is 8.56. The standard InChI is InChI=1S/C21H15NO7/c1-26-21(25)18-9-22-19(29-18)11-27-14-6-7-15-17(8-14)28-10-16(20(15)24)12-2-4-13(23)5-3-12/h2-10,23H,11H2,1H3. The number of nitrogens with zero attached hydrogens (tertiary/aromatic N) is 1. The number of carbonyl (C=O) groups excluding carboxylic acids is 1. The fraction of sp³-hybridized carbons (Fsp3) is 0.0952. The summed E-state index contributed by atoms with van der Waals surface area (Å²) in [6.07, 6.45) is 2.63. The number of esters is 1. The van der Waals surface area contributed by atoms with Crippen molar-refractivity contribution in [1.29, 1.82) is 0 Å². The summed E-state index contributed by atoms with van der Waals surface area (Å²) in [4.78, 5) is 28.1. The summed E-state index contributed by atoms with van der Waals surface area (Å²) >= 11 is 0. The molecule has 29 heavy (non-hydrogen) atoms. The summed E-state index contributed by atoms with van der Waals surface area (Å²) in [5.74, 6) is 0.119. The van der Waals surface area contributed by atoms with E-state index in [1.807, 2.05) is 0 Å². The van der Waals surface area contributed by atoms with E-state index in [1.54, 1.807) is 30.3 Å². The number of aromatic hydroxyl groups is 1. The van der Waals surface area contributed by atoms with Gasteiger partial charge in [-0.3, -0.25) is 4.79 Å². The molecule has 2 aromatic heterocycles. The molecule has 0 unspecified atom stereocenters. The molecule has 4 aromatic rings. The average molecular weight is 393 g/mol. The van der Waals surface area contributed by atoms with Crippen LogP contribution in [0.15, 0.2) is 68.6 Å². The van der Waals surface area contributed by atoms with Gasteiger partial charge in [0.15, 0.2) is 12.0 Å². The molecule has 0 aliphatic carbocycles. The van der Waals surface area contributed by atoms with Crippen LogP contribution in [0.5, 0.6) is 11.5 Å². The largest absolute Gasteiger partial charge is 0.508 e. The fourth-order valence-electron chi connectivity index (χ4n) is 2.76. The van der Waals surface area contributed by atoms with Gasteiger partial charge >= 0.3 is 5.97 Å². The van der Waals surface area contributed by atoms with Crippen molar-refractivity contribution in [2.75, 3.05) is 7.11 Å². The van der Waals surface area contributed by atoms with Crippen molar-refractivity contribution >= 4 is 16.9 Å². The SMILES string of the molecule is COC(=O)c1cnc(COc2ccc3c(=O)c(-c4ccc(O)cc4)coc3c2)o1. The van der Waals surface area contributed by atoms with Crippen LogP contribution in [0.3, 0.4) is 0 Å². The predicted octanol–water partition coefficient (Wildman–Crippen LogP) is 3.52. The zero-order valence-electron chi connectivity index (χ0n) is 15.2. The molecule has 0 aliphatic heterocycles. The molecule has 0 saturated carbocycles. The van der Waals surface area contributed by atoms with E-state index in [2.05, 4.69) is 9.72 Å². The summed E-state index contributed by atoms with van der Waals surface area (Å²) in [5, 5.41) is 9.80. The van der Waals surface area contributed by atoms with E-state index in [4.69, 9.17) is 13.6 Å². The lowest BCUT2D eigenvalue weighted by molar-refractivity contribution is 0.0561. The van der Waals surface area contributed by atoms with Crippen molar-refractivity contribution in [3.8, 4) is 22.6 Å². The molecular formula is C21H15NO7. The van der Waals surface area contributed by atoms with E-state index < -0.39 is 5.97 Å². The van der Waals surface area contributed by atoms with Crippen LogP contribution in [0.1, 0.15) is 16.4 Å². The number of rotatable bonds is 5. The van der Waals surface area contributed by atoms with Gasteiger partial charge in [0.2, 0.25) is 11.7 Å². The zero-order chi connectivity index (χ0) is 20.4. The Morgan fingerprint density at radius 2 is 1.97 bits per heavy atom. The first-order chi connectivity index (χ1) is 14.0. The molecule has 146 valence electrons. The minimum Gasteiger partial charge on any atom is -0.508 e. The van der Waals surface area contributed by atoms with Crippen molar-refractivity contribution in [3.63, 3.8) is 0 Å². The maximum absolute atomic E-state index is 12.8. The van der Waals surface area contributed by atoms with Crippen LogP contribution in [0.25, 0.3) is 22.1 Å². The van der Waals surface area contributed by atoms with Gasteiger partial charge in [-0.15, -0.1) is 0 Å². The molecule has 0 saturated heterocycles. The molecule has 0 radical (unpaired) electrons. The highest BCUT2D eigenvalue weighted by molar-refractivity contribution is 5.85. The maximum atomic E-state index is 12.8. The highest BCUT2D eigenvalue weighted by Crippen LogP contribution is 2.24. The Balaban J connectivity index is 1.56. The molecular weight excluding hydrogens is 378 g/mol. The first kappa shape index (κ1) is 18.3. The van der Waals surface area contributed by atoms with Gasteiger partial charge in [-0.1, -0.05) is 12.1 Å². The Hall–Kier alpha value is -4.07. The molecule has 4 rings (SSSR count). The molecule has 0 amide bonds. The van der Waals surface area contributed by atoms with E-state index >= 15 is 0 Å². The number of methoxy groups -OCH3 is 1. The summed E-state index contributed by atoms with van der Waals surface area (Å²) in [6.45, 7) is -0.0156. The summed E-state index contributed by atoms with van der Waals surface area (Å²) in [5.41, 5.74) is 1.20. The number of benzene rings is 2. The monoisotopic (exact) mass is 393 g/mol. The summed E-state index contributed by atoms with van der Waals surface area (Å²) in [7, 11) is 1.25. The van der Waals surface area contributed by atoms with E-state index in [1.165, 1.54) is 31.7 Å². The van der Waals surface area contributed by atoms with Crippen LogP contribution in [0.2, 0.25) is 0 Å². The minimum atomic E-state index is -0.624. The maximum Gasteiger partial charge on any atom is 0.375 e. The number of phenols is 1. The van der Waals surface area contributed by atoms with Gasteiger partial charge in [0.1, 0.15) is 23.3 Å². The summed E-state index contributed by atoms with van der Waals surface area (Å²) in [6, 6.07) is 11.1. The Bertz CT molecular complexity index is 1240. The Kier molecular flexibility index (Phi) is 4.74. The number of hydrogen-bond donors (Lipinski definition) is 1. The van der Waals surface area contributed by atoms with Gasteiger partial charge in [-0.2, -0.15) is 0 Å². The van der Waals surface area contributed by atoms with Crippen LogP contribution in [0, 0.1) is 0 Å². The van der Waals surface area contributed by atoms with Gasteiger partial charge in [-0.25, -0.2) is 9.78 Å². The third-order valence-electron chi connectivity index (χ3n) is 4.23. The van der Waals surface area contributed by atoms with Crippen LogP contribution >= 0.6 is 0 Å². The highest BCUT2D eigenvalue weighted by atomic mass is 16.5. The second kappa shape index (κ2) is 7.51. The lowest BCUT2D eigenvalue weighted by Gasteiger charge is -2.06. The number of oxazole rings is 1. The Morgan fingerprint density at radius 1 is 1.17 bits per heavy atom. The number of phenolic OH excluding ortho intramolecular Hbond substituents is 1. The summed E-state index contributed by atoms with van der Waals surface area (Å²) < 4.78 is 21.0. The van der Waals surface area contributed by atoms with Crippen molar-refractivity contribution in [2.24, 2.45) is 0 Å². The first-order valence-electron chi connectivity index (χ1n) is 8.56.